The molecule has 3 nitrogen and oxygen atoms in total. The summed E-state index contributed by atoms with van der Waals surface area (Å²) in [6, 6.07) is 7.04. The van der Waals surface area contributed by atoms with Gasteiger partial charge in [-0.2, -0.15) is 5.26 Å². The Morgan fingerprint density at radius 3 is 2.92 bits per heavy atom. The molecule has 0 aliphatic heterocycles. The summed E-state index contributed by atoms with van der Waals surface area (Å²) in [6.07, 6.45) is 0. The third kappa shape index (κ3) is 1.67. The molecule has 0 aliphatic carbocycles. The smallest absolute Gasteiger partial charge is 0.137 e. The maximum Gasteiger partial charge on any atom is 0.137 e. The van der Waals surface area contributed by atoms with Crippen LogP contribution in [-0.2, 0) is 0 Å². The second-order valence-electron chi connectivity index (χ2n) is 2.30. The van der Waals surface area contributed by atoms with E-state index in [1.165, 1.54) is 0 Å². The van der Waals surface area contributed by atoms with E-state index in [2.05, 4.69) is 0 Å². The van der Waals surface area contributed by atoms with Crippen LogP contribution >= 0.6 is 0 Å². The van der Waals surface area contributed by atoms with Gasteiger partial charge in [0.25, 0.3) is 0 Å². The standard InChI is InChI=1S/C9H10N2O/c1-2-12-9-4-3-8(11)5-7(9)6-10/h3-5H,2,11H2,1H3. The third-order valence-corrected chi connectivity index (χ3v) is 1.42. The SMILES string of the molecule is CCOc1ccc(N)cc1C#N. The molecule has 0 saturated carbocycles. The number of rotatable bonds is 2. The molecule has 2 N–H and O–H groups in total. The summed E-state index contributed by atoms with van der Waals surface area (Å²) in [6.45, 7) is 2.43. The Morgan fingerprint density at radius 2 is 2.33 bits per heavy atom. The molecular formula is C9H10N2O. The lowest BCUT2D eigenvalue weighted by Crippen LogP contribution is -1.95. The number of hydrogen-bond donors (Lipinski definition) is 1. The highest BCUT2D eigenvalue weighted by molar-refractivity contribution is 5.53. The van der Waals surface area contributed by atoms with Crippen molar-refractivity contribution in [2.24, 2.45) is 0 Å². The normalized spacial score (nSPS) is 9.00. The zero-order chi connectivity index (χ0) is 8.97. The highest BCUT2D eigenvalue weighted by Crippen LogP contribution is 2.19. The minimum absolute atomic E-state index is 0.483. The van der Waals surface area contributed by atoms with E-state index in [1.54, 1.807) is 18.2 Å². The van der Waals surface area contributed by atoms with Crippen molar-refractivity contribution in [1.29, 1.82) is 5.26 Å². The van der Waals surface area contributed by atoms with Gasteiger partial charge in [0.1, 0.15) is 11.8 Å². The third-order valence-electron chi connectivity index (χ3n) is 1.42. The minimum atomic E-state index is 0.483. The Balaban J connectivity index is 3.05. The summed E-state index contributed by atoms with van der Waals surface area (Å²) in [4.78, 5) is 0. The highest BCUT2D eigenvalue weighted by Gasteiger charge is 2.01. The van der Waals surface area contributed by atoms with E-state index in [0.29, 0.717) is 23.6 Å². The van der Waals surface area contributed by atoms with Crippen LogP contribution in [0.5, 0.6) is 5.75 Å². The van der Waals surface area contributed by atoms with E-state index in [0.717, 1.165) is 0 Å². The fraction of sp³-hybridized carbons (Fsp3) is 0.222. The molecule has 0 fully saturated rings. The maximum atomic E-state index is 8.68. The summed E-state index contributed by atoms with van der Waals surface area (Å²) in [5.74, 6) is 0.592. The van der Waals surface area contributed by atoms with E-state index in [9.17, 15) is 0 Å². The molecule has 0 aromatic heterocycles. The summed E-state index contributed by atoms with van der Waals surface area (Å²) < 4.78 is 5.20. The van der Waals surface area contributed by atoms with Gasteiger partial charge in [-0.15, -0.1) is 0 Å². The highest BCUT2D eigenvalue weighted by atomic mass is 16.5. The Kier molecular flexibility index (Phi) is 2.54. The topological polar surface area (TPSA) is 59.0 Å². The molecule has 0 bridgehead atoms. The van der Waals surface area contributed by atoms with Crippen LogP contribution in [0, 0.1) is 11.3 Å². The van der Waals surface area contributed by atoms with Crippen LogP contribution in [-0.4, -0.2) is 6.61 Å². The second kappa shape index (κ2) is 3.63. The summed E-state index contributed by atoms with van der Waals surface area (Å²) in [5.41, 5.74) is 6.55. The number of benzene rings is 1. The largest absolute Gasteiger partial charge is 0.492 e. The van der Waals surface area contributed by atoms with Gasteiger partial charge in [-0.1, -0.05) is 0 Å². The lowest BCUT2D eigenvalue weighted by Gasteiger charge is -2.04. The van der Waals surface area contributed by atoms with Crippen LogP contribution in [0.3, 0.4) is 0 Å². The van der Waals surface area contributed by atoms with Gasteiger partial charge in [0.2, 0.25) is 0 Å². The Bertz CT molecular complexity index is 315. The molecule has 0 saturated heterocycles. The van der Waals surface area contributed by atoms with Gasteiger partial charge in [0, 0.05) is 5.69 Å². The summed E-state index contributed by atoms with van der Waals surface area (Å²) in [5, 5.41) is 8.68. The van der Waals surface area contributed by atoms with Gasteiger partial charge in [0.15, 0.2) is 0 Å². The molecule has 0 spiro atoms. The summed E-state index contributed by atoms with van der Waals surface area (Å²) >= 11 is 0. The molecule has 0 atom stereocenters. The van der Waals surface area contributed by atoms with Crippen LogP contribution in [0.1, 0.15) is 12.5 Å². The molecule has 3 heteroatoms. The molecule has 0 aliphatic rings. The summed E-state index contributed by atoms with van der Waals surface area (Å²) in [7, 11) is 0. The number of anilines is 1. The van der Waals surface area contributed by atoms with Crippen molar-refractivity contribution in [1.82, 2.24) is 0 Å². The van der Waals surface area contributed by atoms with Gasteiger partial charge < -0.3 is 10.5 Å². The first kappa shape index (κ1) is 8.41. The molecule has 1 aromatic rings. The van der Waals surface area contributed by atoms with Crippen LogP contribution in [0.4, 0.5) is 5.69 Å². The fourth-order valence-corrected chi connectivity index (χ4v) is 0.916. The second-order valence-corrected chi connectivity index (χ2v) is 2.30. The van der Waals surface area contributed by atoms with E-state index in [4.69, 9.17) is 15.7 Å². The molecule has 1 rings (SSSR count). The number of nitrogens with two attached hydrogens (primary N) is 1. The van der Waals surface area contributed by atoms with Gasteiger partial charge >= 0.3 is 0 Å². The van der Waals surface area contributed by atoms with Crippen molar-refractivity contribution in [2.75, 3.05) is 12.3 Å². The van der Waals surface area contributed by atoms with E-state index in [-0.39, 0.29) is 0 Å². The molecular weight excluding hydrogens is 152 g/mol. The van der Waals surface area contributed by atoms with Crippen LogP contribution in [0.25, 0.3) is 0 Å². The minimum Gasteiger partial charge on any atom is -0.492 e. The van der Waals surface area contributed by atoms with E-state index in [1.807, 2.05) is 13.0 Å². The number of nitrogens with zero attached hydrogens (tertiary/aromatic N) is 1. The fourth-order valence-electron chi connectivity index (χ4n) is 0.916. The Morgan fingerprint density at radius 1 is 1.58 bits per heavy atom. The van der Waals surface area contributed by atoms with Crippen molar-refractivity contribution in [2.45, 2.75) is 6.92 Å². The molecule has 0 heterocycles. The predicted octanol–water partition coefficient (Wildman–Crippen LogP) is 1.54. The van der Waals surface area contributed by atoms with Crippen LogP contribution in [0.15, 0.2) is 18.2 Å². The maximum absolute atomic E-state index is 8.68. The first-order valence-electron chi connectivity index (χ1n) is 3.70. The van der Waals surface area contributed by atoms with Crippen molar-refractivity contribution in [3.05, 3.63) is 23.8 Å². The van der Waals surface area contributed by atoms with Gasteiger partial charge in [0.05, 0.1) is 12.2 Å². The van der Waals surface area contributed by atoms with Crippen LogP contribution < -0.4 is 10.5 Å². The van der Waals surface area contributed by atoms with Crippen molar-refractivity contribution in [3.8, 4) is 11.8 Å². The van der Waals surface area contributed by atoms with E-state index < -0.39 is 0 Å². The van der Waals surface area contributed by atoms with Gasteiger partial charge in [-0.05, 0) is 25.1 Å². The number of hydrogen-bond acceptors (Lipinski definition) is 3. The molecule has 0 amide bonds. The average molecular weight is 162 g/mol. The number of ether oxygens (including phenoxy) is 1. The van der Waals surface area contributed by atoms with Gasteiger partial charge in [-0.3, -0.25) is 0 Å². The molecule has 62 valence electrons. The molecule has 1 aromatic carbocycles. The van der Waals surface area contributed by atoms with Crippen molar-refractivity contribution >= 4 is 5.69 Å². The van der Waals surface area contributed by atoms with Crippen molar-refractivity contribution < 1.29 is 4.74 Å². The molecule has 0 unspecified atom stereocenters. The predicted molar refractivity (Wildman–Crippen MR) is 46.7 cm³/mol. The lowest BCUT2D eigenvalue weighted by molar-refractivity contribution is 0.339. The zero-order valence-corrected chi connectivity index (χ0v) is 6.87. The quantitative estimate of drug-likeness (QED) is 0.671. The zero-order valence-electron chi connectivity index (χ0n) is 6.87. The van der Waals surface area contributed by atoms with E-state index >= 15 is 0 Å². The van der Waals surface area contributed by atoms with Crippen molar-refractivity contribution in [3.63, 3.8) is 0 Å². The Hall–Kier alpha value is -1.69. The van der Waals surface area contributed by atoms with Gasteiger partial charge in [-0.25, -0.2) is 0 Å². The number of nitrogen functional groups attached to an aromatic ring is 1. The monoisotopic (exact) mass is 162 g/mol. The molecule has 0 radical (unpaired) electrons. The molecule has 12 heavy (non-hydrogen) atoms. The van der Waals surface area contributed by atoms with Crippen LogP contribution in [0.2, 0.25) is 0 Å². The Labute approximate surface area is 71.4 Å². The average Bonchev–Trinajstić information content (AvgIpc) is 2.08. The lowest BCUT2D eigenvalue weighted by atomic mass is 10.2. The first-order chi connectivity index (χ1) is 5.77. The number of nitriles is 1. The first-order valence-corrected chi connectivity index (χ1v) is 3.70.